The largest absolute Gasteiger partial charge is 0.349 e. The summed E-state index contributed by atoms with van der Waals surface area (Å²) in [5.74, 6) is 0.141. The molecule has 0 radical (unpaired) electrons. The van der Waals surface area contributed by atoms with Crippen molar-refractivity contribution in [1.82, 2.24) is 25.5 Å². The van der Waals surface area contributed by atoms with Crippen LogP contribution in [-0.2, 0) is 4.79 Å². The molecule has 1 atom stereocenters. The minimum absolute atomic E-state index is 0.0682. The predicted molar refractivity (Wildman–Crippen MR) is 107 cm³/mol. The van der Waals surface area contributed by atoms with Crippen LogP contribution in [0.2, 0.25) is 5.02 Å². The molecule has 0 aliphatic carbocycles. The molecule has 0 unspecified atom stereocenters. The number of rotatable bonds is 6. The van der Waals surface area contributed by atoms with Gasteiger partial charge in [-0.25, -0.2) is 0 Å². The lowest BCUT2D eigenvalue weighted by Gasteiger charge is -2.15. The van der Waals surface area contributed by atoms with Gasteiger partial charge in [0.25, 0.3) is 0 Å². The number of benzene rings is 2. The van der Waals surface area contributed by atoms with Gasteiger partial charge in [0.2, 0.25) is 11.1 Å². The van der Waals surface area contributed by atoms with E-state index in [0.717, 1.165) is 11.3 Å². The normalized spacial score (nSPS) is 12.0. The summed E-state index contributed by atoms with van der Waals surface area (Å²) in [6.45, 7) is 6.12. The third-order valence-electron chi connectivity index (χ3n) is 4.23. The van der Waals surface area contributed by atoms with Crippen molar-refractivity contribution in [3.8, 4) is 5.69 Å². The van der Waals surface area contributed by atoms with Gasteiger partial charge in [0.15, 0.2) is 0 Å². The summed E-state index contributed by atoms with van der Waals surface area (Å²) < 4.78 is 1.57. The van der Waals surface area contributed by atoms with E-state index in [1.165, 1.54) is 22.9 Å². The first-order valence-corrected chi connectivity index (χ1v) is 9.84. The summed E-state index contributed by atoms with van der Waals surface area (Å²) in [6.07, 6.45) is 0. The molecule has 3 rings (SSSR count). The Morgan fingerprint density at radius 1 is 1.22 bits per heavy atom. The molecule has 3 aromatic rings. The first kappa shape index (κ1) is 19.4. The van der Waals surface area contributed by atoms with Gasteiger partial charge in [-0.2, -0.15) is 4.68 Å². The molecule has 0 bridgehead atoms. The number of thioether (sulfide) groups is 1. The van der Waals surface area contributed by atoms with E-state index in [1.54, 1.807) is 16.8 Å². The third-order valence-corrected chi connectivity index (χ3v) is 5.39. The van der Waals surface area contributed by atoms with E-state index in [1.807, 2.05) is 25.1 Å². The zero-order valence-corrected chi connectivity index (χ0v) is 16.9. The molecule has 0 saturated heterocycles. The fraction of sp³-hybridized carbons (Fsp3) is 0.263. The van der Waals surface area contributed by atoms with Crippen molar-refractivity contribution in [1.29, 1.82) is 0 Å². The number of nitrogens with zero attached hydrogens (tertiary/aromatic N) is 4. The Labute approximate surface area is 167 Å². The molecular formula is C19H20ClN5OS. The van der Waals surface area contributed by atoms with E-state index in [9.17, 15) is 4.79 Å². The van der Waals surface area contributed by atoms with Crippen LogP contribution in [0.1, 0.15) is 29.7 Å². The topological polar surface area (TPSA) is 72.7 Å². The average molecular weight is 402 g/mol. The summed E-state index contributed by atoms with van der Waals surface area (Å²) in [4.78, 5) is 12.3. The number of halogens is 1. The van der Waals surface area contributed by atoms with E-state index < -0.39 is 0 Å². The van der Waals surface area contributed by atoms with Crippen LogP contribution in [0.5, 0.6) is 0 Å². The van der Waals surface area contributed by atoms with Crippen LogP contribution in [-0.4, -0.2) is 31.9 Å². The summed E-state index contributed by atoms with van der Waals surface area (Å²) in [5, 5.41) is 15.8. The van der Waals surface area contributed by atoms with Crippen molar-refractivity contribution in [2.24, 2.45) is 0 Å². The minimum Gasteiger partial charge on any atom is -0.349 e. The number of amides is 1. The maximum atomic E-state index is 12.3. The van der Waals surface area contributed by atoms with Crippen LogP contribution >= 0.6 is 23.4 Å². The highest BCUT2D eigenvalue weighted by Gasteiger charge is 2.14. The molecule has 8 heteroatoms. The van der Waals surface area contributed by atoms with Gasteiger partial charge in [0.1, 0.15) is 0 Å². The zero-order chi connectivity index (χ0) is 19.4. The lowest BCUT2D eigenvalue weighted by atomic mass is 10.0. The molecule has 0 spiro atoms. The van der Waals surface area contributed by atoms with Gasteiger partial charge < -0.3 is 5.32 Å². The Hall–Kier alpha value is -2.38. The Balaban J connectivity index is 1.61. The predicted octanol–water partition coefficient (Wildman–Crippen LogP) is 3.90. The fourth-order valence-corrected chi connectivity index (χ4v) is 3.46. The lowest BCUT2D eigenvalue weighted by molar-refractivity contribution is -0.119. The van der Waals surface area contributed by atoms with Crippen molar-refractivity contribution >= 4 is 29.3 Å². The molecule has 1 amide bonds. The minimum atomic E-state index is -0.0774. The number of aryl methyl sites for hydroxylation is 2. The molecule has 27 heavy (non-hydrogen) atoms. The van der Waals surface area contributed by atoms with Crippen LogP contribution in [0.25, 0.3) is 5.69 Å². The highest BCUT2D eigenvalue weighted by Crippen LogP contribution is 2.21. The van der Waals surface area contributed by atoms with Crippen molar-refractivity contribution in [2.45, 2.75) is 32.0 Å². The first-order chi connectivity index (χ1) is 12.9. The third kappa shape index (κ3) is 4.87. The van der Waals surface area contributed by atoms with E-state index >= 15 is 0 Å². The van der Waals surface area contributed by atoms with Crippen molar-refractivity contribution < 1.29 is 4.79 Å². The highest BCUT2D eigenvalue weighted by atomic mass is 35.5. The van der Waals surface area contributed by atoms with E-state index in [-0.39, 0.29) is 17.7 Å². The maximum Gasteiger partial charge on any atom is 0.230 e. The second kappa shape index (κ2) is 8.54. The number of tetrazole rings is 1. The Kier molecular flexibility index (Phi) is 6.13. The van der Waals surface area contributed by atoms with Crippen LogP contribution in [0.15, 0.2) is 47.6 Å². The van der Waals surface area contributed by atoms with Gasteiger partial charge in [0.05, 0.1) is 17.5 Å². The van der Waals surface area contributed by atoms with Crippen molar-refractivity contribution in [2.75, 3.05) is 5.75 Å². The summed E-state index contributed by atoms with van der Waals surface area (Å²) >= 11 is 7.30. The molecule has 140 valence electrons. The van der Waals surface area contributed by atoms with Gasteiger partial charge in [-0.1, -0.05) is 47.6 Å². The van der Waals surface area contributed by atoms with Gasteiger partial charge >= 0.3 is 0 Å². The number of aromatic nitrogens is 4. The molecule has 0 aliphatic rings. The average Bonchev–Trinajstić information content (AvgIpc) is 3.11. The number of hydrogen-bond acceptors (Lipinski definition) is 5. The molecular weight excluding hydrogens is 382 g/mol. The zero-order valence-electron chi connectivity index (χ0n) is 15.3. The first-order valence-electron chi connectivity index (χ1n) is 8.47. The number of nitrogens with one attached hydrogen (secondary N) is 1. The van der Waals surface area contributed by atoms with E-state index in [2.05, 4.69) is 46.8 Å². The smallest absolute Gasteiger partial charge is 0.230 e. The van der Waals surface area contributed by atoms with E-state index in [4.69, 9.17) is 11.6 Å². The molecule has 1 N–H and O–H groups in total. The van der Waals surface area contributed by atoms with Gasteiger partial charge in [-0.15, -0.1) is 5.10 Å². The van der Waals surface area contributed by atoms with Gasteiger partial charge in [-0.05, 0) is 66.1 Å². The molecule has 1 heterocycles. The molecule has 0 aliphatic heterocycles. The van der Waals surface area contributed by atoms with Gasteiger partial charge in [-0.3, -0.25) is 4.79 Å². The van der Waals surface area contributed by atoms with Crippen molar-refractivity contribution in [3.63, 3.8) is 0 Å². The summed E-state index contributed by atoms with van der Waals surface area (Å²) in [6, 6.07) is 13.4. The molecule has 0 fully saturated rings. The van der Waals surface area contributed by atoms with Crippen LogP contribution < -0.4 is 5.32 Å². The Bertz CT molecular complexity index is 959. The standard InChI is InChI=1S/C19H20ClN5OS/c1-12-7-8-15(9-13(12)2)14(3)21-18(26)11-27-19-22-23-24-25(19)17-6-4-5-16(20)10-17/h4-10,14H,11H2,1-3H3,(H,21,26)/t14-/m0/s1. The molecule has 0 saturated carbocycles. The van der Waals surface area contributed by atoms with Crippen LogP contribution in [0.4, 0.5) is 0 Å². The SMILES string of the molecule is Cc1ccc([C@H](C)NC(=O)CSc2nnnn2-c2cccc(Cl)c2)cc1C. The lowest BCUT2D eigenvalue weighted by Crippen LogP contribution is -2.28. The fourth-order valence-electron chi connectivity index (χ4n) is 2.57. The monoisotopic (exact) mass is 401 g/mol. The van der Waals surface area contributed by atoms with Crippen LogP contribution in [0, 0.1) is 13.8 Å². The second-order valence-corrected chi connectivity index (χ2v) is 7.65. The number of carbonyl (C=O) groups excluding carboxylic acids is 1. The number of hydrogen-bond donors (Lipinski definition) is 1. The highest BCUT2D eigenvalue weighted by molar-refractivity contribution is 7.99. The molecule has 1 aromatic heterocycles. The van der Waals surface area contributed by atoms with E-state index in [0.29, 0.717) is 10.2 Å². The summed E-state index contributed by atoms with van der Waals surface area (Å²) in [5.41, 5.74) is 4.28. The Morgan fingerprint density at radius 2 is 2.04 bits per heavy atom. The second-order valence-electron chi connectivity index (χ2n) is 6.27. The molecule has 6 nitrogen and oxygen atoms in total. The number of carbonyl (C=O) groups is 1. The van der Waals surface area contributed by atoms with Gasteiger partial charge in [0, 0.05) is 5.02 Å². The molecule has 2 aromatic carbocycles. The Morgan fingerprint density at radius 3 is 2.78 bits per heavy atom. The van der Waals surface area contributed by atoms with Crippen molar-refractivity contribution in [3.05, 3.63) is 64.2 Å². The van der Waals surface area contributed by atoms with Crippen LogP contribution in [0.3, 0.4) is 0 Å². The quantitative estimate of drug-likeness (QED) is 0.634. The maximum absolute atomic E-state index is 12.3. The summed E-state index contributed by atoms with van der Waals surface area (Å²) in [7, 11) is 0.